The van der Waals surface area contributed by atoms with Gasteiger partial charge in [0.25, 0.3) is 0 Å². The van der Waals surface area contributed by atoms with Crippen LogP contribution in [0.3, 0.4) is 0 Å². The van der Waals surface area contributed by atoms with Gasteiger partial charge in [-0.05, 0) is 42.8 Å². The van der Waals surface area contributed by atoms with E-state index in [1.54, 1.807) is 7.11 Å². The fourth-order valence-corrected chi connectivity index (χ4v) is 2.67. The SMILES string of the molecule is CCCCn1c[n+]2ccccc2c1-c1ccc(OC)cc1.[Cl-]. The number of ether oxygens (including phenoxy) is 1. The van der Waals surface area contributed by atoms with E-state index in [4.69, 9.17) is 4.74 Å². The third kappa shape index (κ3) is 3.09. The van der Waals surface area contributed by atoms with E-state index >= 15 is 0 Å². The lowest BCUT2D eigenvalue weighted by atomic mass is 10.1. The molecule has 0 atom stereocenters. The zero-order valence-corrected chi connectivity index (χ0v) is 13.8. The van der Waals surface area contributed by atoms with Gasteiger partial charge in [0.15, 0.2) is 11.2 Å². The normalized spacial score (nSPS) is 10.5. The Morgan fingerprint density at radius 3 is 2.55 bits per heavy atom. The van der Waals surface area contributed by atoms with Crippen molar-refractivity contribution in [2.24, 2.45) is 0 Å². The van der Waals surface area contributed by atoms with Crippen molar-refractivity contribution in [3.8, 4) is 17.0 Å². The molecule has 0 aliphatic rings. The molecule has 0 aliphatic heterocycles. The van der Waals surface area contributed by atoms with Gasteiger partial charge in [-0.1, -0.05) is 19.4 Å². The van der Waals surface area contributed by atoms with Crippen LogP contribution in [0.1, 0.15) is 19.8 Å². The summed E-state index contributed by atoms with van der Waals surface area (Å²) < 4.78 is 9.79. The van der Waals surface area contributed by atoms with Gasteiger partial charge in [-0.15, -0.1) is 0 Å². The van der Waals surface area contributed by atoms with Gasteiger partial charge < -0.3 is 17.1 Å². The Hall–Kier alpha value is -2.00. The number of pyridine rings is 1. The molecule has 22 heavy (non-hydrogen) atoms. The fraction of sp³-hybridized carbons (Fsp3) is 0.278. The molecule has 0 saturated heterocycles. The van der Waals surface area contributed by atoms with Gasteiger partial charge in [0.2, 0.25) is 6.33 Å². The van der Waals surface area contributed by atoms with Crippen LogP contribution >= 0.6 is 0 Å². The fourth-order valence-electron chi connectivity index (χ4n) is 2.67. The number of hydrogen-bond acceptors (Lipinski definition) is 1. The molecule has 2 aromatic heterocycles. The van der Waals surface area contributed by atoms with Crippen molar-refractivity contribution in [2.75, 3.05) is 7.11 Å². The Balaban J connectivity index is 0.00000176. The van der Waals surface area contributed by atoms with E-state index in [0.29, 0.717) is 0 Å². The molecule has 0 spiro atoms. The average Bonchev–Trinajstić information content (AvgIpc) is 2.91. The van der Waals surface area contributed by atoms with E-state index in [-0.39, 0.29) is 12.4 Å². The Kier molecular flexibility index (Phi) is 5.45. The van der Waals surface area contributed by atoms with Crippen molar-refractivity contribution < 1.29 is 21.5 Å². The number of benzene rings is 1. The van der Waals surface area contributed by atoms with Crippen molar-refractivity contribution in [1.82, 2.24) is 4.57 Å². The second kappa shape index (κ2) is 7.32. The molecule has 0 amide bonds. The highest BCUT2D eigenvalue weighted by atomic mass is 35.5. The van der Waals surface area contributed by atoms with E-state index in [1.807, 2.05) is 12.1 Å². The molecule has 0 aliphatic carbocycles. The number of unbranched alkanes of at least 4 members (excludes halogenated alkanes) is 1. The summed E-state index contributed by atoms with van der Waals surface area (Å²) in [6, 6.07) is 14.6. The number of aromatic nitrogens is 2. The molecule has 3 nitrogen and oxygen atoms in total. The zero-order chi connectivity index (χ0) is 14.7. The molecule has 3 aromatic rings. The first-order valence-corrected chi connectivity index (χ1v) is 7.47. The number of nitrogens with zero attached hydrogens (tertiary/aromatic N) is 2. The number of hydrogen-bond donors (Lipinski definition) is 0. The highest BCUT2D eigenvalue weighted by Crippen LogP contribution is 2.25. The third-order valence-electron chi connectivity index (χ3n) is 3.80. The highest BCUT2D eigenvalue weighted by molar-refractivity contribution is 5.74. The van der Waals surface area contributed by atoms with Crippen LogP contribution in [0.25, 0.3) is 16.8 Å². The third-order valence-corrected chi connectivity index (χ3v) is 3.80. The number of rotatable bonds is 5. The van der Waals surface area contributed by atoms with Gasteiger partial charge in [-0.25, -0.2) is 8.97 Å². The number of fused-ring (bicyclic) bond motifs is 1. The van der Waals surface area contributed by atoms with Crippen molar-refractivity contribution in [1.29, 1.82) is 0 Å². The monoisotopic (exact) mass is 316 g/mol. The Morgan fingerprint density at radius 1 is 1.09 bits per heavy atom. The molecule has 2 heterocycles. The topological polar surface area (TPSA) is 18.3 Å². The summed E-state index contributed by atoms with van der Waals surface area (Å²) in [6.45, 7) is 3.27. The van der Waals surface area contributed by atoms with Gasteiger partial charge in [0.1, 0.15) is 5.75 Å². The molecule has 3 rings (SSSR count). The van der Waals surface area contributed by atoms with Crippen LogP contribution in [0.2, 0.25) is 0 Å². The predicted molar refractivity (Wildman–Crippen MR) is 84.5 cm³/mol. The van der Waals surface area contributed by atoms with Crippen LogP contribution in [0.15, 0.2) is 55.0 Å². The van der Waals surface area contributed by atoms with Gasteiger partial charge in [0, 0.05) is 5.56 Å². The average molecular weight is 317 g/mol. The van der Waals surface area contributed by atoms with Crippen molar-refractivity contribution in [3.63, 3.8) is 0 Å². The number of aryl methyl sites for hydroxylation is 1. The maximum atomic E-state index is 5.26. The molecular formula is C18H21ClN2O. The van der Waals surface area contributed by atoms with Gasteiger partial charge >= 0.3 is 0 Å². The first-order chi connectivity index (χ1) is 10.3. The summed E-state index contributed by atoms with van der Waals surface area (Å²) >= 11 is 0. The van der Waals surface area contributed by atoms with Crippen LogP contribution < -0.4 is 21.5 Å². The lowest BCUT2D eigenvalue weighted by Crippen LogP contribution is -3.00. The van der Waals surface area contributed by atoms with Crippen LogP contribution in [0, 0.1) is 0 Å². The standard InChI is InChI=1S/C18H21N2O.ClH/c1-3-4-12-20-14-19-13-6-5-7-17(19)18(20)15-8-10-16(21-2)11-9-15;/h5-11,13-14H,3-4,12H2,1-2H3;1H/q+1;/p-1. The second-order valence-corrected chi connectivity index (χ2v) is 5.23. The summed E-state index contributed by atoms with van der Waals surface area (Å²) in [5.41, 5.74) is 3.73. The molecule has 0 fully saturated rings. The van der Waals surface area contributed by atoms with E-state index < -0.39 is 0 Å². The minimum absolute atomic E-state index is 0. The Bertz CT molecular complexity index is 734. The molecular weight excluding hydrogens is 296 g/mol. The summed E-state index contributed by atoms with van der Waals surface area (Å²) in [6.07, 6.45) is 6.67. The van der Waals surface area contributed by atoms with Gasteiger partial charge in [-0.2, -0.15) is 0 Å². The summed E-state index contributed by atoms with van der Waals surface area (Å²) in [4.78, 5) is 0. The maximum absolute atomic E-state index is 5.26. The highest BCUT2D eigenvalue weighted by Gasteiger charge is 2.18. The van der Waals surface area contributed by atoms with Crippen LogP contribution in [-0.4, -0.2) is 11.7 Å². The van der Waals surface area contributed by atoms with Crippen molar-refractivity contribution >= 4 is 5.52 Å². The van der Waals surface area contributed by atoms with E-state index in [0.717, 1.165) is 12.3 Å². The smallest absolute Gasteiger partial charge is 0.249 e. The van der Waals surface area contributed by atoms with Gasteiger partial charge in [0.05, 0.1) is 19.9 Å². The molecule has 4 heteroatoms. The van der Waals surface area contributed by atoms with E-state index in [2.05, 4.69) is 58.7 Å². The first kappa shape index (κ1) is 16.4. The quantitative estimate of drug-likeness (QED) is 0.634. The van der Waals surface area contributed by atoms with E-state index in [9.17, 15) is 0 Å². The Labute approximate surface area is 137 Å². The molecule has 1 aromatic carbocycles. The minimum atomic E-state index is 0. The Morgan fingerprint density at radius 2 is 1.86 bits per heavy atom. The number of methoxy groups -OCH3 is 1. The van der Waals surface area contributed by atoms with Crippen LogP contribution in [-0.2, 0) is 6.54 Å². The van der Waals surface area contributed by atoms with E-state index in [1.165, 1.54) is 29.6 Å². The van der Waals surface area contributed by atoms with Crippen molar-refractivity contribution in [3.05, 3.63) is 55.0 Å². The second-order valence-electron chi connectivity index (χ2n) is 5.23. The lowest BCUT2D eigenvalue weighted by Gasteiger charge is -2.03. The largest absolute Gasteiger partial charge is 1.00 e. The van der Waals surface area contributed by atoms with Crippen LogP contribution in [0.5, 0.6) is 5.75 Å². The maximum Gasteiger partial charge on any atom is 0.249 e. The van der Waals surface area contributed by atoms with Gasteiger partial charge in [-0.3, -0.25) is 0 Å². The molecule has 0 unspecified atom stereocenters. The summed E-state index contributed by atoms with van der Waals surface area (Å²) in [7, 11) is 1.70. The van der Waals surface area contributed by atoms with Crippen LogP contribution in [0.4, 0.5) is 0 Å². The van der Waals surface area contributed by atoms with Crippen molar-refractivity contribution in [2.45, 2.75) is 26.3 Å². The minimum Gasteiger partial charge on any atom is -1.00 e. The molecule has 0 bridgehead atoms. The molecule has 0 saturated carbocycles. The summed E-state index contributed by atoms with van der Waals surface area (Å²) in [5, 5.41) is 0. The first-order valence-electron chi connectivity index (χ1n) is 7.47. The molecule has 116 valence electrons. The summed E-state index contributed by atoms with van der Waals surface area (Å²) in [5.74, 6) is 0.891. The zero-order valence-electron chi connectivity index (χ0n) is 13.0. The molecule has 0 N–H and O–H groups in total. The number of halogens is 1. The molecule has 0 radical (unpaired) electrons. The predicted octanol–water partition coefficient (Wildman–Crippen LogP) is 0.706. The number of imidazole rings is 1. The lowest BCUT2D eigenvalue weighted by molar-refractivity contribution is -0.512.